The van der Waals surface area contributed by atoms with Crippen LogP contribution in [0.4, 0.5) is 0 Å². The van der Waals surface area contributed by atoms with Gasteiger partial charge in [0.1, 0.15) is 5.69 Å². The largest absolute Gasteiger partial charge is 0.390 e. The van der Waals surface area contributed by atoms with Crippen LogP contribution in [-0.2, 0) is 13.2 Å². The lowest BCUT2D eigenvalue weighted by molar-refractivity contribution is 0.273. The molecule has 1 aliphatic heterocycles. The van der Waals surface area contributed by atoms with Gasteiger partial charge in [0.2, 0.25) is 0 Å². The van der Waals surface area contributed by atoms with Gasteiger partial charge < -0.3 is 10.0 Å². The van der Waals surface area contributed by atoms with Gasteiger partial charge in [-0.05, 0) is 38.8 Å². The Morgan fingerprint density at radius 2 is 1.84 bits per heavy atom. The van der Waals surface area contributed by atoms with Crippen molar-refractivity contribution in [1.82, 2.24) is 19.9 Å². The molecule has 0 unspecified atom stereocenters. The maximum Gasteiger partial charge on any atom is 0.112 e. The molecular weight excluding hydrogens is 240 g/mol. The maximum absolute atomic E-state index is 9.43. The number of aromatic nitrogens is 3. The van der Waals surface area contributed by atoms with Crippen LogP contribution in [0, 0.1) is 0 Å². The Balaban J connectivity index is 2.07. The summed E-state index contributed by atoms with van der Waals surface area (Å²) in [6.45, 7) is 8.72. The molecule has 1 aromatic rings. The molecule has 2 rings (SSSR count). The zero-order valence-corrected chi connectivity index (χ0v) is 12.2. The summed E-state index contributed by atoms with van der Waals surface area (Å²) < 4.78 is 2.02. The lowest BCUT2D eigenvalue weighted by atomic mass is 9.97. The molecule has 1 saturated heterocycles. The average molecular weight is 266 g/mol. The van der Waals surface area contributed by atoms with Gasteiger partial charge in [0.25, 0.3) is 0 Å². The van der Waals surface area contributed by atoms with Crippen LogP contribution in [-0.4, -0.2) is 44.6 Å². The number of hydrogen-bond donors (Lipinski definition) is 1. The van der Waals surface area contributed by atoms with E-state index >= 15 is 0 Å². The van der Waals surface area contributed by atoms with Gasteiger partial charge in [-0.15, -0.1) is 5.10 Å². The quantitative estimate of drug-likeness (QED) is 0.817. The molecular formula is C14H26N4O. The SMILES string of the molecule is CCC(CC)c1c(CO)nnn1CCN1CCCC1. The van der Waals surface area contributed by atoms with Gasteiger partial charge in [-0.25, -0.2) is 4.68 Å². The van der Waals surface area contributed by atoms with Crippen molar-refractivity contribution in [1.29, 1.82) is 0 Å². The molecule has 0 saturated carbocycles. The van der Waals surface area contributed by atoms with Gasteiger partial charge in [-0.2, -0.15) is 0 Å². The first kappa shape index (κ1) is 14.5. The third-order valence-corrected chi connectivity index (χ3v) is 4.20. The van der Waals surface area contributed by atoms with Gasteiger partial charge in [-0.3, -0.25) is 0 Å². The van der Waals surface area contributed by atoms with Gasteiger partial charge in [0.05, 0.1) is 18.8 Å². The number of rotatable bonds is 7. The molecule has 1 fully saturated rings. The van der Waals surface area contributed by atoms with Crippen molar-refractivity contribution in [2.24, 2.45) is 0 Å². The summed E-state index contributed by atoms with van der Waals surface area (Å²) in [6, 6.07) is 0. The average Bonchev–Trinajstić information content (AvgIpc) is 3.07. The summed E-state index contributed by atoms with van der Waals surface area (Å²) in [5, 5.41) is 17.8. The highest BCUT2D eigenvalue weighted by Gasteiger charge is 2.20. The van der Waals surface area contributed by atoms with E-state index in [4.69, 9.17) is 0 Å². The van der Waals surface area contributed by atoms with Gasteiger partial charge in [0, 0.05) is 12.5 Å². The highest BCUT2D eigenvalue weighted by molar-refractivity contribution is 5.14. The van der Waals surface area contributed by atoms with Crippen LogP contribution in [0.2, 0.25) is 0 Å². The van der Waals surface area contributed by atoms with E-state index in [1.807, 2.05) is 4.68 Å². The van der Waals surface area contributed by atoms with Crippen molar-refractivity contribution in [2.45, 2.75) is 58.6 Å². The van der Waals surface area contributed by atoms with E-state index in [1.165, 1.54) is 25.9 Å². The summed E-state index contributed by atoms with van der Waals surface area (Å²) in [4.78, 5) is 2.48. The molecule has 108 valence electrons. The van der Waals surface area contributed by atoms with Crippen molar-refractivity contribution < 1.29 is 5.11 Å². The molecule has 0 spiro atoms. The van der Waals surface area contributed by atoms with Crippen LogP contribution in [0.3, 0.4) is 0 Å². The van der Waals surface area contributed by atoms with Crippen LogP contribution >= 0.6 is 0 Å². The zero-order valence-electron chi connectivity index (χ0n) is 12.2. The minimum Gasteiger partial charge on any atom is -0.390 e. The molecule has 19 heavy (non-hydrogen) atoms. The number of likely N-dealkylation sites (tertiary alicyclic amines) is 1. The monoisotopic (exact) mass is 266 g/mol. The number of aliphatic hydroxyl groups excluding tert-OH is 1. The van der Waals surface area contributed by atoms with Crippen LogP contribution < -0.4 is 0 Å². The summed E-state index contributed by atoms with van der Waals surface area (Å²) in [7, 11) is 0. The van der Waals surface area contributed by atoms with Crippen LogP contribution in [0.5, 0.6) is 0 Å². The van der Waals surface area contributed by atoms with Gasteiger partial charge in [-0.1, -0.05) is 19.1 Å². The zero-order chi connectivity index (χ0) is 13.7. The second-order valence-corrected chi connectivity index (χ2v) is 5.36. The molecule has 0 aliphatic carbocycles. The van der Waals surface area contributed by atoms with E-state index in [2.05, 4.69) is 29.1 Å². The van der Waals surface area contributed by atoms with E-state index in [0.29, 0.717) is 5.92 Å². The minimum atomic E-state index is -0.00442. The van der Waals surface area contributed by atoms with Crippen molar-refractivity contribution in [3.8, 4) is 0 Å². The highest BCUT2D eigenvalue weighted by atomic mass is 16.3. The summed E-state index contributed by atoms with van der Waals surface area (Å²) in [5.74, 6) is 0.454. The van der Waals surface area contributed by atoms with E-state index in [1.54, 1.807) is 0 Å². The van der Waals surface area contributed by atoms with Crippen molar-refractivity contribution in [3.05, 3.63) is 11.4 Å². The topological polar surface area (TPSA) is 54.2 Å². The lowest BCUT2D eigenvalue weighted by Crippen LogP contribution is -2.25. The highest BCUT2D eigenvalue weighted by Crippen LogP contribution is 2.25. The Morgan fingerprint density at radius 1 is 1.16 bits per heavy atom. The Kier molecular flexibility index (Phi) is 5.34. The molecule has 5 heteroatoms. The number of hydrogen-bond acceptors (Lipinski definition) is 4. The molecule has 0 aromatic carbocycles. The normalized spacial score (nSPS) is 16.6. The van der Waals surface area contributed by atoms with Crippen molar-refractivity contribution >= 4 is 0 Å². The molecule has 1 N–H and O–H groups in total. The van der Waals surface area contributed by atoms with E-state index < -0.39 is 0 Å². The molecule has 0 atom stereocenters. The van der Waals surface area contributed by atoms with Gasteiger partial charge >= 0.3 is 0 Å². The molecule has 0 bridgehead atoms. The molecule has 5 nitrogen and oxygen atoms in total. The number of aliphatic hydroxyl groups is 1. The Hall–Kier alpha value is -0.940. The predicted octanol–water partition coefficient (Wildman–Crippen LogP) is 1.77. The second kappa shape index (κ2) is 7.01. The first-order chi connectivity index (χ1) is 9.30. The fourth-order valence-electron chi connectivity index (χ4n) is 3.00. The Morgan fingerprint density at radius 3 is 2.42 bits per heavy atom. The van der Waals surface area contributed by atoms with E-state index in [-0.39, 0.29) is 6.61 Å². The molecule has 0 amide bonds. The Bertz CT molecular complexity index is 381. The first-order valence-corrected chi connectivity index (χ1v) is 7.55. The molecule has 0 radical (unpaired) electrons. The standard InChI is InChI=1S/C14H26N4O/c1-3-12(4-2)14-13(11-19)15-16-18(14)10-9-17-7-5-6-8-17/h12,19H,3-11H2,1-2H3. The predicted molar refractivity (Wildman–Crippen MR) is 74.9 cm³/mol. The minimum absolute atomic E-state index is 0.00442. The summed E-state index contributed by atoms with van der Waals surface area (Å²) >= 11 is 0. The molecule has 1 aromatic heterocycles. The third kappa shape index (κ3) is 3.34. The van der Waals surface area contributed by atoms with Crippen molar-refractivity contribution in [3.63, 3.8) is 0 Å². The Labute approximate surface area is 115 Å². The number of nitrogens with zero attached hydrogens (tertiary/aromatic N) is 4. The molecule has 2 heterocycles. The fourth-order valence-corrected chi connectivity index (χ4v) is 3.00. The van der Waals surface area contributed by atoms with Gasteiger partial charge in [0.15, 0.2) is 0 Å². The van der Waals surface area contributed by atoms with Crippen molar-refractivity contribution in [2.75, 3.05) is 19.6 Å². The summed E-state index contributed by atoms with van der Waals surface area (Å²) in [5.41, 5.74) is 1.90. The molecule has 1 aliphatic rings. The van der Waals surface area contributed by atoms with E-state index in [0.717, 1.165) is 37.3 Å². The van der Waals surface area contributed by atoms with E-state index in [9.17, 15) is 5.11 Å². The lowest BCUT2D eigenvalue weighted by Gasteiger charge is -2.18. The fraction of sp³-hybridized carbons (Fsp3) is 0.857. The second-order valence-electron chi connectivity index (χ2n) is 5.36. The first-order valence-electron chi connectivity index (χ1n) is 7.55. The smallest absolute Gasteiger partial charge is 0.112 e. The van der Waals surface area contributed by atoms with Crippen LogP contribution in [0.1, 0.15) is 56.8 Å². The third-order valence-electron chi connectivity index (χ3n) is 4.20. The summed E-state index contributed by atoms with van der Waals surface area (Å²) in [6.07, 6.45) is 4.78. The van der Waals surface area contributed by atoms with Crippen LogP contribution in [0.15, 0.2) is 0 Å². The maximum atomic E-state index is 9.43. The van der Waals surface area contributed by atoms with Crippen LogP contribution in [0.25, 0.3) is 0 Å².